The van der Waals surface area contributed by atoms with Crippen molar-refractivity contribution in [1.82, 2.24) is 10.2 Å². The molecule has 38 heavy (non-hydrogen) atoms. The molecule has 2 aromatic carbocycles. The first-order valence-corrected chi connectivity index (χ1v) is 13.0. The number of nitrogens with one attached hydrogen (secondary N) is 2. The molecule has 11 nitrogen and oxygen atoms in total. The van der Waals surface area contributed by atoms with Crippen molar-refractivity contribution < 1.29 is 46.2 Å². The summed E-state index contributed by atoms with van der Waals surface area (Å²) in [5, 5.41) is 19.5. The smallest absolute Gasteiger partial charge is 0.478 e. The molecule has 0 aliphatic carbocycles. The monoisotopic (exact) mass is 560 g/mol. The quantitative estimate of drug-likeness (QED) is 0.378. The summed E-state index contributed by atoms with van der Waals surface area (Å²) in [4.78, 5) is 36.8. The van der Waals surface area contributed by atoms with Crippen LogP contribution in [-0.2, 0) is 26.2 Å². The normalized spacial score (nSPS) is 14.2. The summed E-state index contributed by atoms with van der Waals surface area (Å²) in [6, 6.07) is 14.3. The Morgan fingerprint density at radius 2 is 1.55 bits per heavy atom. The molecule has 0 unspecified atom stereocenters. The van der Waals surface area contributed by atoms with Crippen molar-refractivity contribution in [3.05, 3.63) is 59.7 Å². The number of anilines is 2. The zero-order valence-electron chi connectivity index (χ0n) is 20.2. The number of piperazine rings is 1. The van der Waals surface area contributed by atoms with Gasteiger partial charge in [-0.15, -0.1) is 0 Å². The van der Waals surface area contributed by atoms with Crippen LogP contribution in [0, 0.1) is 0 Å². The Morgan fingerprint density at radius 3 is 2.05 bits per heavy atom. The molecule has 15 heteroatoms. The minimum Gasteiger partial charge on any atom is -0.478 e. The predicted molar refractivity (Wildman–Crippen MR) is 133 cm³/mol. The van der Waals surface area contributed by atoms with Crippen molar-refractivity contribution in [3.8, 4) is 0 Å². The van der Waals surface area contributed by atoms with Crippen LogP contribution < -0.4 is 14.9 Å². The summed E-state index contributed by atoms with van der Waals surface area (Å²) in [6.07, 6.45) is -4.11. The van der Waals surface area contributed by atoms with Gasteiger partial charge in [-0.1, -0.05) is 30.3 Å². The summed E-state index contributed by atoms with van der Waals surface area (Å²) >= 11 is 0. The predicted octanol–water partition coefficient (Wildman–Crippen LogP) is 1.83. The largest absolute Gasteiger partial charge is 0.490 e. The molecule has 1 saturated heterocycles. The Labute approximate surface area is 216 Å². The van der Waals surface area contributed by atoms with E-state index in [9.17, 15) is 36.3 Å². The summed E-state index contributed by atoms with van der Waals surface area (Å²) in [7, 11) is -3.58. The summed E-state index contributed by atoms with van der Waals surface area (Å²) < 4.78 is 56.9. The van der Waals surface area contributed by atoms with Gasteiger partial charge in [0.1, 0.15) is 0 Å². The van der Waals surface area contributed by atoms with Crippen LogP contribution in [0.4, 0.5) is 24.5 Å². The van der Waals surface area contributed by atoms with E-state index < -0.39 is 28.1 Å². The number of aliphatic carboxylic acids is 1. The maximum Gasteiger partial charge on any atom is 0.490 e. The van der Waals surface area contributed by atoms with Crippen molar-refractivity contribution in [3.63, 3.8) is 0 Å². The number of benzene rings is 2. The van der Waals surface area contributed by atoms with E-state index in [4.69, 9.17) is 9.90 Å². The fraction of sp³-hybridized carbons (Fsp3) is 0.348. The number of carboxylic acid groups (broad SMARTS) is 2. The first kappa shape index (κ1) is 30.4. The van der Waals surface area contributed by atoms with Gasteiger partial charge >= 0.3 is 18.1 Å². The van der Waals surface area contributed by atoms with Gasteiger partial charge in [0.15, 0.2) is 0 Å². The van der Waals surface area contributed by atoms with E-state index in [0.717, 1.165) is 11.8 Å². The molecule has 1 fully saturated rings. The highest BCUT2D eigenvalue weighted by molar-refractivity contribution is 7.92. The minimum atomic E-state index is -5.08. The van der Waals surface area contributed by atoms with Gasteiger partial charge in [0.25, 0.3) is 0 Å². The molecule has 0 atom stereocenters. The van der Waals surface area contributed by atoms with E-state index in [1.807, 2.05) is 35.2 Å². The van der Waals surface area contributed by atoms with Crippen LogP contribution in [0.1, 0.15) is 15.9 Å². The van der Waals surface area contributed by atoms with Crippen LogP contribution in [-0.4, -0.2) is 86.5 Å². The topological polar surface area (TPSA) is 156 Å². The Morgan fingerprint density at radius 1 is 0.974 bits per heavy atom. The molecular weight excluding hydrogens is 533 g/mol. The maximum absolute atomic E-state index is 12.2. The van der Waals surface area contributed by atoms with Crippen LogP contribution >= 0.6 is 0 Å². The molecule has 0 spiro atoms. The number of amides is 1. The lowest BCUT2D eigenvalue weighted by atomic mass is 10.1. The highest BCUT2D eigenvalue weighted by Gasteiger charge is 2.38. The lowest BCUT2D eigenvalue weighted by Gasteiger charge is -2.36. The number of sulfonamides is 1. The standard InChI is InChI=1S/C21H26N4O5S.C2HF3O2/c1-31(29,30)23-19-8-7-17(13-18(19)21(27)28)25-11-9-24(10-12-25)15-20(26)22-14-16-5-3-2-4-6-16;3-2(4,5)1(6)7/h2-8,13,23H,9-12,14-15H2,1H3,(H,22,26)(H,27,28);(H,6,7). The zero-order chi connectivity index (χ0) is 28.5. The van der Waals surface area contributed by atoms with Crippen LogP contribution in [0.15, 0.2) is 48.5 Å². The average Bonchev–Trinajstić information content (AvgIpc) is 2.83. The van der Waals surface area contributed by atoms with Gasteiger partial charge in [0.05, 0.1) is 24.1 Å². The average molecular weight is 561 g/mol. The third-order valence-corrected chi connectivity index (χ3v) is 5.80. The van der Waals surface area contributed by atoms with Crippen molar-refractivity contribution >= 4 is 39.2 Å². The van der Waals surface area contributed by atoms with E-state index in [1.54, 1.807) is 6.07 Å². The number of hydrogen-bond acceptors (Lipinski definition) is 7. The SMILES string of the molecule is CS(=O)(=O)Nc1ccc(N2CCN(CC(=O)NCc3ccccc3)CC2)cc1C(=O)O.O=C(O)C(F)(F)F. The molecule has 0 aromatic heterocycles. The molecule has 2 aromatic rings. The number of rotatable bonds is 8. The number of alkyl halides is 3. The number of hydrogen-bond donors (Lipinski definition) is 4. The van der Waals surface area contributed by atoms with Gasteiger partial charge in [0.2, 0.25) is 15.9 Å². The van der Waals surface area contributed by atoms with Gasteiger partial charge in [-0.05, 0) is 23.8 Å². The van der Waals surface area contributed by atoms with E-state index >= 15 is 0 Å². The van der Waals surface area contributed by atoms with Crippen LogP contribution in [0.2, 0.25) is 0 Å². The number of nitrogens with zero attached hydrogens (tertiary/aromatic N) is 2. The first-order chi connectivity index (χ1) is 17.7. The Balaban J connectivity index is 0.000000638. The Kier molecular flexibility index (Phi) is 10.5. The van der Waals surface area contributed by atoms with Crippen LogP contribution in [0.3, 0.4) is 0 Å². The Hall–Kier alpha value is -3.85. The second kappa shape index (κ2) is 13.1. The van der Waals surface area contributed by atoms with Crippen molar-refractivity contribution in [2.75, 3.05) is 48.6 Å². The summed E-state index contributed by atoms with van der Waals surface area (Å²) in [6.45, 7) is 3.37. The number of carboxylic acids is 2. The molecule has 0 radical (unpaired) electrons. The lowest BCUT2D eigenvalue weighted by Crippen LogP contribution is -2.49. The minimum absolute atomic E-state index is 0.0347. The van der Waals surface area contributed by atoms with E-state index in [0.29, 0.717) is 45.0 Å². The third-order valence-electron chi connectivity index (χ3n) is 5.21. The molecule has 1 aliphatic heterocycles. The van der Waals surface area contributed by atoms with Crippen LogP contribution in [0.25, 0.3) is 0 Å². The van der Waals surface area contributed by atoms with E-state index in [1.165, 1.54) is 12.1 Å². The summed E-state index contributed by atoms with van der Waals surface area (Å²) in [5.74, 6) is -4.00. The zero-order valence-corrected chi connectivity index (χ0v) is 21.1. The number of carbonyl (C=O) groups is 3. The number of carbonyl (C=O) groups excluding carboxylic acids is 1. The van der Waals surface area contributed by atoms with Gasteiger partial charge in [-0.3, -0.25) is 14.4 Å². The summed E-state index contributed by atoms with van der Waals surface area (Å²) in [5.41, 5.74) is 1.67. The molecule has 1 aliphatic rings. The molecule has 0 bridgehead atoms. The maximum atomic E-state index is 12.2. The van der Waals surface area contributed by atoms with Crippen molar-refractivity contribution in [2.24, 2.45) is 0 Å². The van der Waals surface area contributed by atoms with Crippen LogP contribution in [0.5, 0.6) is 0 Å². The molecule has 3 rings (SSSR count). The number of halogens is 3. The molecule has 208 valence electrons. The van der Waals surface area contributed by atoms with Crippen molar-refractivity contribution in [2.45, 2.75) is 12.7 Å². The third kappa shape index (κ3) is 10.3. The Bertz CT molecular complexity index is 1230. The van der Waals surface area contributed by atoms with E-state index in [2.05, 4.69) is 14.9 Å². The van der Waals surface area contributed by atoms with Gasteiger partial charge in [-0.25, -0.2) is 18.0 Å². The fourth-order valence-corrected chi connectivity index (χ4v) is 3.99. The molecule has 0 saturated carbocycles. The van der Waals surface area contributed by atoms with E-state index in [-0.39, 0.29) is 17.2 Å². The highest BCUT2D eigenvalue weighted by atomic mass is 32.2. The second-order valence-electron chi connectivity index (χ2n) is 8.24. The first-order valence-electron chi connectivity index (χ1n) is 11.1. The molecule has 1 heterocycles. The molecule has 1 amide bonds. The fourth-order valence-electron chi connectivity index (χ4n) is 3.41. The second-order valence-corrected chi connectivity index (χ2v) is 9.99. The van der Waals surface area contributed by atoms with Gasteiger partial charge in [0, 0.05) is 38.4 Å². The molecular formula is C23H27F3N4O7S. The molecule has 4 N–H and O–H groups in total. The number of aromatic carboxylic acids is 1. The highest BCUT2D eigenvalue weighted by Crippen LogP contribution is 2.25. The van der Waals surface area contributed by atoms with Crippen molar-refractivity contribution in [1.29, 1.82) is 0 Å². The van der Waals surface area contributed by atoms with Gasteiger partial charge < -0.3 is 20.4 Å². The lowest BCUT2D eigenvalue weighted by molar-refractivity contribution is -0.192. The van der Waals surface area contributed by atoms with Gasteiger partial charge in [-0.2, -0.15) is 13.2 Å².